The highest BCUT2D eigenvalue weighted by Crippen LogP contribution is 2.37. The van der Waals surface area contributed by atoms with Crippen molar-refractivity contribution in [3.8, 4) is 11.3 Å². The third-order valence-corrected chi connectivity index (χ3v) is 5.45. The lowest BCUT2D eigenvalue weighted by Gasteiger charge is -2.22. The third kappa shape index (κ3) is 2.91. The molecule has 28 heavy (non-hydrogen) atoms. The van der Waals surface area contributed by atoms with E-state index < -0.39 is 0 Å². The lowest BCUT2D eigenvalue weighted by Crippen LogP contribution is -2.11. The Hall–Kier alpha value is -3.27. The Morgan fingerprint density at radius 1 is 0.893 bits per heavy atom. The van der Waals surface area contributed by atoms with Gasteiger partial charge in [0.1, 0.15) is 6.33 Å². The first-order chi connectivity index (χ1) is 13.7. The molecule has 2 heterocycles. The maximum absolute atomic E-state index is 4.90. The van der Waals surface area contributed by atoms with Gasteiger partial charge in [0, 0.05) is 11.1 Å². The summed E-state index contributed by atoms with van der Waals surface area (Å²) in [5.74, 6) is 0.658. The monoisotopic (exact) mass is 366 g/mol. The van der Waals surface area contributed by atoms with Gasteiger partial charge in [0.25, 0.3) is 5.78 Å². The van der Waals surface area contributed by atoms with E-state index in [9.17, 15) is 0 Å². The molecule has 0 spiro atoms. The molecule has 1 aliphatic rings. The van der Waals surface area contributed by atoms with Crippen molar-refractivity contribution >= 4 is 17.4 Å². The Balaban J connectivity index is 1.73. The third-order valence-electron chi connectivity index (χ3n) is 5.45. The van der Waals surface area contributed by atoms with Crippen LogP contribution in [-0.4, -0.2) is 19.6 Å². The molecule has 0 saturated heterocycles. The van der Waals surface area contributed by atoms with E-state index in [0.29, 0.717) is 5.78 Å². The average molecular weight is 366 g/mol. The number of hydrogen-bond acceptors (Lipinski definition) is 3. The molecule has 138 valence electrons. The van der Waals surface area contributed by atoms with Crippen molar-refractivity contribution in [3.05, 3.63) is 82.8 Å². The van der Waals surface area contributed by atoms with Gasteiger partial charge in [-0.3, -0.25) is 0 Å². The molecule has 0 fully saturated rings. The van der Waals surface area contributed by atoms with Gasteiger partial charge in [-0.25, -0.2) is 4.98 Å². The molecular formula is C24H22N4. The zero-order valence-electron chi connectivity index (χ0n) is 16.2. The van der Waals surface area contributed by atoms with E-state index in [0.717, 1.165) is 36.2 Å². The maximum Gasteiger partial charge on any atom is 0.253 e. The van der Waals surface area contributed by atoms with E-state index in [1.807, 2.05) is 4.52 Å². The summed E-state index contributed by atoms with van der Waals surface area (Å²) in [7, 11) is 0. The number of allylic oxidation sites excluding steroid dienone is 1. The predicted octanol–water partition coefficient (Wildman–Crippen LogP) is 5.29. The summed E-state index contributed by atoms with van der Waals surface area (Å²) in [5.41, 5.74) is 9.65. The second-order valence-electron chi connectivity index (χ2n) is 7.56. The second kappa shape index (κ2) is 6.71. The Kier molecular flexibility index (Phi) is 4.05. The molecule has 0 amide bonds. The minimum atomic E-state index is 0.658. The lowest BCUT2D eigenvalue weighted by atomic mass is 9.87. The van der Waals surface area contributed by atoms with Crippen molar-refractivity contribution in [2.75, 3.05) is 0 Å². The number of aryl methyl sites for hydroxylation is 2. The van der Waals surface area contributed by atoms with E-state index in [4.69, 9.17) is 4.98 Å². The fourth-order valence-corrected chi connectivity index (χ4v) is 3.97. The highest BCUT2D eigenvalue weighted by atomic mass is 15.3. The number of benzene rings is 2. The molecule has 1 aliphatic carbocycles. The summed E-state index contributed by atoms with van der Waals surface area (Å²) in [5, 5.41) is 4.47. The van der Waals surface area contributed by atoms with Crippen LogP contribution >= 0.6 is 0 Å². The number of hydrogen-bond donors (Lipinski definition) is 0. The first-order valence-electron chi connectivity index (χ1n) is 9.76. The first kappa shape index (κ1) is 16.9. The van der Waals surface area contributed by atoms with E-state index in [1.165, 1.54) is 27.8 Å². The van der Waals surface area contributed by atoms with Crippen molar-refractivity contribution in [3.63, 3.8) is 0 Å². The van der Waals surface area contributed by atoms with Crippen molar-refractivity contribution in [2.24, 2.45) is 0 Å². The molecule has 5 rings (SSSR count). The molecule has 2 aromatic carbocycles. The molecule has 0 atom stereocenters. The Bertz CT molecular complexity index is 1180. The highest BCUT2D eigenvalue weighted by molar-refractivity contribution is 5.85. The number of aromatic nitrogens is 4. The molecular weight excluding hydrogens is 344 g/mol. The van der Waals surface area contributed by atoms with Crippen LogP contribution in [0, 0.1) is 13.8 Å². The van der Waals surface area contributed by atoms with Gasteiger partial charge in [0.2, 0.25) is 0 Å². The van der Waals surface area contributed by atoms with Crippen LogP contribution in [0.2, 0.25) is 0 Å². The van der Waals surface area contributed by atoms with Gasteiger partial charge in [0.05, 0.1) is 11.4 Å². The van der Waals surface area contributed by atoms with E-state index >= 15 is 0 Å². The summed E-state index contributed by atoms with van der Waals surface area (Å²) >= 11 is 0. The van der Waals surface area contributed by atoms with Crippen LogP contribution in [0.25, 0.3) is 28.7 Å². The van der Waals surface area contributed by atoms with Gasteiger partial charge in [-0.05, 0) is 50.3 Å². The van der Waals surface area contributed by atoms with Gasteiger partial charge >= 0.3 is 0 Å². The molecule has 4 heteroatoms. The number of fused-ring (bicyclic) bond motifs is 2. The van der Waals surface area contributed by atoms with Crippen LogP contribution in [0.4, 0.5) is 0 Å². The van der Waals surface area contributed by atoms with Gasteiger partial charge < -0.3 is 0 Å². The summed E-state index contributed by atoms with van der Waals surface area (Å²) in [6.45, 7) is 4.23. The standard InChI is InChI=1S/C24H22N4/c1-16-6-10-18(11-7-16)14-20-4-3-5-21-22(20)27-24-25-15-26-28(24)23(21)19-12-8-17(2)9-13-19/h6-15H,3-5H2,1-2H3/b20-14+. The quantitative estimate of drug-likeness (QED) is 0.484. The molecule has 0 saturated carbocycles. The van der Waals surface area contributed by atoms with Crippen LogP contribution in [0.15, 0.2) is 54.9 Å². The topological polar surface area (TPSA) is 43.1 Å². The van der Waals surface area contributed by atoms with Crippen molar-refractivity contribution < 1.29 is 0 Å². The molecule has 2 aromatic heterocycles. The first-order valence-corrected chi connectivity index (χ1v) is 9.76. The second-order valence-corrected chi connectivity index (χ2v) is 7.56. The Labute approximate surface area is 164 Å². The largest absolute Gasteiger partial charge is 0.253 e. The van der Waals surface area contributed by atoms with Gasteiger partial charge in [-0.2, -0.15) is 14.6 Å². The number of rotatable bonds is 2. The minimum Gasteiger partial charge on any atom is -0.211 e. The fourth-order valence-electron chi connectivity index (χ4n) is 3.97. The minimum absolute atomic E-state index is 0.658. The van der Waals surface area contributed by atoms with Gasteiger partial charge in [-0.15, -0.1) is 0 Å². The van der Waals surface area contributed by atoms with Crippen LogP contribution < -0.4 is 0 Å². The maximum atomic E-state index is 4.90. The highest BCUT2D eigenvalue weighted by Gasteiger charge is 2.23. The zero-order chi connectivity index (χ0) is 19.1. The zero-order valence-corrected chi connectivity index (χ0v) is 16.2. The molecule has 4 nitrogen and oxygen atoms in total. The van der Waals surface area contributed by atoms with E-state index in [1.54, 1.807) is 6.33 Å². The van der Waals surface area contributed by atoms with Crippen LogP contribution in [0.5, 0.6) is 0 Å². The molecule has 0 N–H and O–H groups in total. The van der Waals surface area contributed by atoms with Crippen LogP contribution in [0.1, 0.15) is 40.8 Å². The van der Waals surface area contributed by atoms with Crippen molar-refractivity contribution in [1.82, 2.24) is 19.6 Å². The van der Waals surface area contributed by atoms with E-state index in [2.05, 4.69) is 78.5 Å². The summed E-state index contributed by atoms with van der Waals surface area (Å²) in [6, 6.07) is 17.3. The summed E-state index contributed by atoms with van der Waals surface area (Å²) < 4.78 is 1.89. The predicted molar refractivity (Wildman–Crippen MR) is 113 cm³/mol. The fraction of sp³-hybridized carbons (Fsp3) is 0.208. The molecule has 4 aromatic rings. The normalized spacial score (nSPS) is 15.1. The van der Waals surface area contributed by atoms with Crippen molar-refractivity contribution in [1.29, 1.82) is 0 Å². The molecule has 0 aliphatic heterocycles. The number of nitrogens with zero attached hydrogens (tertiary/aromatic N) is 4. The van der Waals surface area contributed by atoms with Gasteiger partial charge in [0.15, 0.2) is 0 Å². The van der Waals surface area contributed by atoms with Gasteiger partial charge in [-0.1, -0.05) is 59.7 Å². The van der Waals surface area contributed by atoms with Crippen LogP contribution in [0.3, 0.4) is 0 Å². The molecule has 0 radical (unpaired) electrons. The smallest absolute Gasteiger partial charge is 0.211 e. The summed E-state index contributed by atoms with van der Waals surface area (Å²) in [6.07, 6.45) is 7.02. The lowest BCUT2D eigenvalue weighted by molar-refractivity contribution is 0.792. The molecule has 0 unspecified atom stereocenters. The molecule has 0 bridgehead atoms. The van der Waals surface area contributed by atoms with E-state index in [-0.39, 0.29) is 0 Å². The summed E-state index contributed by atoms with van der Waals surface area (Å²) in [4.78, 5) is 9.29. The average Bonchev–Trinajstić information content (AvgIpc) is 3.17. The van der Waals surface area contributed by atoms with Crippen LogP contribution in [-0.2, 0) is 6.42 Å². The Morgan fingerprint density at radius 2 is 1.61 bits per heavy atom. The van der Waals surface area contributed by atoms with Crippen molar-refractivity contribution in [2.45, 2.75) is 33.1 Å². The SMILES string of the molecule is Cc1ccc(/C=C2\CCCc3c2nc2ncnn2c3-c2ccc(C)cc2)cc1. The Morgan fingerprint density at radius 3 is 2.36 bits per heavy atom.